The van der Waals surface area contributed by atoms with Crippen LogP contribution in [0.15, 0.2) is 36.9 Å². The molecule has 0 radical (unpaired) electrons. The molecule has 1 rings (SSSR count). The standard InChI is InChI=1S/C15H19NO4/c1-4-9-16(10-11(2)15(18)19)14(17)12-7-5-6-8-13(12)20-3/h4-8,11H,1,9-10H2,2-3H3,(H,18,19). The van der Waals surface area contributed by atoms with Crippen molar-refractivity contribution in [2.24, 2.45) is 5.92 Å². The Kier molecular flexibility index (Phi) is 5.77. The molecular weight excluding hydrogens is 258 g/mol. The molecule has 1 aromatic carbocycles. The average molecular weight is 277 g/mol. The lowest BCUT2D eigenvalue weighted by Crippen LogP contribution is -2.37. The summed E-state index contributed by atoms with van der Waals surface area (Å²) in [5.41, 5.74) is 0.412. The number of carboxylic acids is 1. The topological polar surface area (TPSA) is 66.8 Å². The third kappa shape index (κ3) is 3.85. The number of aliphatic carboxylic acids is 1. The zero-order valence-corrected chi connectivity index (χ0v) is 11.7. The summed E-state index contributed by atoms with van der Waals surface area (Å²) in [6.45, 7) is 5.57. The van der Waals surface area contributed by atoms with E-state index < -0.39 is 11.9 Å². The van der Waals surface area contributed by atoms with Gasteiger partial charge in [0.1, 0.15) is 5.75 Å². The second-order valence-corrected chi connectivity index (χ2v) is 4.44. The van der Waals surface area contributed by atoms with Gasteiger partial charge in [-0.05, 0) is 12.1 Å². The van der Waals surface area contributed by atoms with Gasteiger partial charge in [0, 0.05) is 13.1 Å². The van der Waals surface area contributed by atoms with Gasteiger partial charge in [0.2, 0.25) is 0 Å². The third-order valence-electron chi connectivity index (χ3n) is 2.89. The summed E-state index contributed by atoms with van der Waals surface area (Å²) < 4.78 is 5.16. The van der Waals surface area contributed by atoms with Crippen LogP contribution in [0.3, 0.4) is 0 Å². The van der Waals surface area contributed by atoms with Crippen molar-refractivity contribution in [3.8, 4) is 5.75 Å². The minimum absolute atomic E-state index is 0.123. The number of nitrogens with zero attached hydrogens (tertiary/aromatic N) is 1. The monoisotopic (exact) mass is 277 g/mol. The van der Waals surface area contributed by atoms with Gasteiger partial charge in [0.25, 0.3) is 5.91 Å². The van der Waals surface area contributed by atoms with Crippen molar-refractivity contribution < 1.29 is 19.4 Å². The molecule has 0 spiro atoms. The van der Waals surface area contributed by atoms with E-state index in [9.17, 15) is 9.59 Å². The molecule has 0 fully saturated rings. The highest BCUT2D eigenvalue weighted by Crippen LogP contribution is 2.20. The molecule has 0 bridgehead atoms. The van der Waals surface area contributed by atoms with Crippen LogP contribution in [0.25, 0.3) is 0 Å². The molecule has 0 aliphatic rings. The fourth-order valence-electron chi connectivity index (χ4n) is 1.80. The predicted octanol–water partition coefficient (Wildman–Crippen LogP) is 2.04. The van der Waals surface area contributed by atoms with E-state index in [1.165, 1.54) is 12.0 Å². The van der Waals surface area contributed by atoms with Gasteiger partial charge in [0.15, 0.2) is 0 Å². The Morgan fingerprint density at radius 3 is 2.65 bits per heavy atom. The molecular formula is C15H19NO4. The van der Waals surface area contributed by atoms with Crippen LogP contribution in [0, 0.1) is 5.92 Å². The molecule has 0 saturated carbocycles. The van der Waals surface area contributed by atoms with E-state index in [0.29, 0.717) is 11.3 Å². The molecule has 0 aliphatic heterocycles. The Morgan fingerprint density at radius 2 is 2.10 bits per heavy atom. The van der Waals surface area contributed by atoms with Crippen molar-refractivity contribution in [1.82, 2.24) is 4.90 Å². The minimum Gasteiger partial charge on any atom is -0.496 e. The number of carbonyl (C=O) groups is 2. The van der Waals surface area contributed by atoms with Crippen LogP contribution in [-0.2, 0) is 4.79 Å². The Morgan fingerprint density at radius 1 is 1.45 bits per heavy atom. The van der Waals surface area contributed by atoms with Crippen LogP contribution < -0.4 is 4.74 Å². The fraction of sp³-hybridized carbons (Fsp3) is 0.333. The number of hydrogen-bond donors (Lipinski definition) is 1. The number of hydrogen-bond acceptors (Lipinski definition) is 3. The lowest BCUT2D eigenvalue weighted by Gasteiger charge is -2.24. The second kappa shape index (κ2) is 7.33. The van der Waals surface area contributed by atoms with Gasteiger partial charge in [0.05, 0.1) is 18.6 Å². The van der Waals surface area contributed by atoms with Gasteiger partial charge < -0.3 is 14.7 Å². The van der Waals surface area contributed by atoms with Crippen LogP contribution in [0.5, 0.6) is 5.75 Å². The highest BCUT2D eigenvalue weighted by atomic mass is 16.5. The number of amides is 1. The Balaban J connectivity index is 2.98. The van der Waals surface area contributed by atoms with Gasteiger partial charge in [-0.25, -0.2) is 0 Å². The van der Waals surface area contributed by atoms with E-state index in [0.717, 1.165) is 0 Å². The fourth-order valence-corrected chi connectivity index (χ4v) is 1.80. The number of rotatable bonds is 7. The molecule has 1 amide bonds. The lowest BCUT2D eigenvalue weighted by atomic mass is 10.1. The number of methoxy groups -OCH3 is 1. The van der Waals surface area contributed by atoms with E-state index in [4.69, 9.17) is 9.84 Å². The largest absolute Gasteiger partial charge is 0.496 e. The normalized spacial score (nSPS) is 11.5. The van der Waals surface area contributed by atoms with Crippen molar-refractivity contribution in [3.05, 3.63) is 42.5 Å². The zero-order chi connectivity index (χ0) is 15.1. The summed E-state index contributed by atoms with van der Waals surface area (Å²) in [6.07, 6.45) is 1.57. The maximum absolute atomic E-state index is 12.5. The molecule has 0 aliphatic carbocycles. The molecule has 1 unspecified atom stereocenters. The number of ether oxygens (including phenoxy) is 1. The first-order valence-corrected chi connectivity index (χ1v) is 6.27. The highest BCUT2D eigenvalue weighted by Gasteiger charge is 2.22. The first kappa shape index (κ1) is 15.8. The highest BCUT2D eigenvalue weighted by molar-refractivity contribution is 5.97. The second-order valence-electron chi connectivity index (χ2n) is 4.44. The van der Waals surface area contributed by atoms with Gasteiger partial charge >= 0.3 is 5.97 Å². The molecule has 5 nitrogen and oxygen atoms in total. The van der Waals surface area contributed by atoms with Crippen molar-refractivity contribution in [3.63, 3.8) is 0 Å². The van der Waals surface area contributed by atoms with Gasteiger partial charge in [-0.15, -0.1) is 6.58 Å². The van der Waals surface area contributed by atoms with Gasteiger partial charge in [-0.2, -0.15) is 0 Å². The average Bonchev–Trinajstić information content (AvgIpc) is 2.45. The van der Waals surface area contributed by atoms with Gasteiger partial charge in [-0.1, -0.05) is 25.1 Å². The van der Waals surface area contributed by atoms with Crippen molar-refractivity contribution in [2.75, 3.05) is 20.2 Å². The van der Waals surface area contributed by atoms with Crippen LogP contribution in [-0.4, -0.2) is 42.1 Å². The molecule has 1 N–H and O–H groups in total. The summed E-state index contributed by atoms with van der Waals surface area (Å²) in [4.78, 5) is 24.9. The molecule has 0 saturated heterocycles. The molecule has 1 atom stereocenters. The first-order chi connectivity index (χ1) is 9.51. The van der Waals surface area contributed by atoms with Crippen LogP contribution >= 0.6 is 0 Å². The smallest absolute Gasteiger partial charge is 0.308 e. The maximum atomic E-state index is 12.5. The maximum Gasteiger partial charge on any atom is 0.308 e. The number of para-hydroxylation sites is 1. The third-order valence-corrected chi connectivity index (χ3v) is 2.89. The first-order valence-electron chi connectivity index (χ1n) is 6.27. The minimum atomic E-state index is -0.938. The van der Waals surface area contributed by atoms with E-state index in [-0.39, 0.29) is 19.0 Å². The molecule has 1 aromatic rings. The molecule has 0 heterocycles. The van der Waals surface area contributed by atoms with Crippen molar-refractivity contribution in [1.29, 1.82) is 0 Å². The number of carboxylic acid groups (broad SMARTS) is 1. The van der Waals surface area contributed by atoms with Crippen LogP contribution in [0.2, 0.25) is 0 Å². The summed E-state index contributed by atoms with van der Waals surface area (Å²) in [5.74, 6) is -1.38. The Bertz CT molecular complexity index is 498. The van der Waals surface area contributed by atoms with E-state index in [2.05, 4.69) is 6.58 Å². The summed E-state index contributed by atoms with van der Waals surface area (Å²) in [5, 5.41) is 8.96. The zero-order valence-electron chi connectivity index (χ0n) is 11.7. The SMILES string of the molecule is C=CCN(CC(C)C(=O)O)C(=O)c1ccccc1OC. The molecule has 5 heteroatoms. The van der Waals surface area contributed by atoms with E-state index >= 15 is 0 Å². The number of carbonyl (C=O) groups excluding carboxylic acids is 1. The Hall–Kier alpha value is -2.30. The molecule has 0 aromatic heterocycles. The van der Waals surface area contributed by atoms with Crippen molar-refractivity contribution in [2.45, 2.75) is 6.92 Å². The Labute approximate surface area is 118 Å². The number of benzene rings is 1. The molecule has 20 heavy (non-hydrogen) atoms. The summed E-state index contributed by atoms with van der Waals surface area (Å²) >= 11 is 0. The summed E-state index contributed by atoms with van der Waals surface area (Å²) in [6, 6.07) is 6.86. The quantitative estimate of drug-likeness (QED) is 0.774. The van der Waals surface area contributed by atoms with Crippen molar-refractivity contribution >= 4 is 11.9 Å². The predicted molar refractivity (Wildman–Crippen MR) is 75.9 cm³/mol. The summed E-state index contributed by atoms with van der Waals surface area (Å²) in [7, 11) is 1.49. The van der Waals surface area contributed by atoms with E-state index in [1.54, 1.807) is 37.3 Å². The van der Waals surface area contributed by atoms with Crippen LogP contribution in [0.1, 0.15) is 17.3 Å². The van der Waals surface area contributed by atoms with Gasteiger partial charge in [-0.3, -0.25) is 9.59 Å². The van der Waals surface area contributed by atoms with E-state index in [1.807, 2.05) is 0 Å². The molecule has 108 valence electrons. The lowest BCUT2D eigenvalue weighted by molar-refractivity contribution is -0.141. The van der Waals surface area contributed by atoms with Crippen LogP contribution in [0.4, 0.5) is 0 Å².